The summed E-state index contributed by atoms with van der Waals surface area (Å²) in [6.45, 7) is 2.59. The summed E-state index contributed by atoms with van der Waals surface area (Å²) in [4.78, 5) is 2.56. The number of piperidine rings is 1. The van der Waals surface area contributed by atoms with Crippen LogP contribution in [0.25, 0.3) is 0 Å². The summed E-state index contributed by atoms with van der Waals surface area (Å²) in [6.07, 6.45) is 2.08. The number of fused-ring (bicyclic) bond motifs is 2. The van der Waals surface area contributed by atoms with Crippen molar-refractivity contribution >= 4 is 0 Å². The largest absolute Gasteiger partial charge is 0.497 e. The highest BCUT2D eigenvalue weighted by Crippen LogP contribution is 2.29. The fraction of sp³-hybridized carbons (Fsp3) is 0.600. The second kappa shape index (κ2) is 5.49. The maximum atomic E-state index is 6.12. The molecule has 4 heteroatoms. The maximum absolute atomic E-state index is 6.12. The van der Waals surface area contributed by atoms with Gasteiger partial charge in [0, 0.05) is 24.7 Å². The Morgan fingerprint density at radius 2 is 2.05 bits per heavy atom. The smallest absolute Gasteiger partial charge is 0.119 e. The summed E-state index contributed by atoms with van der Waals surface area (Å²) >= 11 is 0. The Balaban J connectivity index is 1.74. The van der Waals surface area contributed by atoms with Gasteiger partial charge >= 0.3 is 0 Å². The lowest BCUT2D eigenvalue weighted by Crippen LogP contribution is -2.58. The highest BCUT2D eigenvalue weighted by Gasteiger charge is 2.37. The van der Waals surface area contributed by atoms with Gasteiger partial charge in [0.1, 0.15) is 5.75 Å². The number of nitrogens with two attached hydrogens (primary N) is 1. The number of hydrogen-bond donors (Lipinski definition) is 1. The molecule has 0 aromatic heterocycles. The van der Waals surface area contributed by atoms with Crippen LogP contribution in [0.2, 0.25) is 0 Å². The molecule has 2 N–H and O–H groups in total. The van der Waals surface area contributed by atoms with Crippen molar-refractivity contribution in [2.24, 2.45) is 5.73 Å². The standard InChI is InChI=1S/C15H22N2O2/c1-18-15-4-2-3-11(5-15)8-17-13-6-12(16)7-14(17)10-19-9-13/h2-5,12-14H,6-10,16H2,1H3. The van der Waals surface area contributed by atoms with Gasteiger partial charge in [-0.2, -0.15) is 0 Å². The van der Waals surface area contributed by atoms with Crippen molar-refractivity contribution in [1.29, 1.82) is 0 Å². The molecule has 0 aliphatic carbocycles. The van der Waals surface area contributed by atoms with Crippen LogP contribution >= 0.6 is 0 Å². The minimum absolute atomic E-state index is 0.334. The van der Waals surface area contributed by atoms with Gasteiger partial charge in [-0.3, -0.25) is 4.90 Å². The second-order valence-electron chi connectivity index (χ2n) is 5.60. The topological polar surface area (TPSA) is 47.7 Å². The molecule has 0 spiro atoms. The molecule has 2 unspecified atom stereocenters. The minimum Gasteiger partial charge on any atom is -0.497 e. The molecule has 2 fully saturated rings. The molecule has 19 heavy (non-hydrogen) atoms. The van der Waals surface area contributed by atoms with E-state index < -0.39 is 0 Å². The summed E-state index contributed by atoms with van der Waals surface area (Å²) < 4.78 is 11.0. The lowest BCUT2D eigenvalue weighted by atomic mass is 9.90. The lowest BCUT2D eigenvalue weighted by molar-refractivity contribution is -0.0819. The van der Waals surface area contributed by atoms with Crippen LogP contribution in [-0.2, 0) is 11.3 Å². The molecule has 1 aromatic rings. The van der Waals surface area contributed by atoms with E-state index in [1.54, 1.807) is 7.11 Å². The highest BCUT2D eigenvalue weighted by atomic mass is 16.5. The molecule has 2 aliphatic heterocycles. The Morgan fingerprint density at radius 3 is 2.74 bits per heavy atom. The first-order valence-electron chi connectivity index (χ1n) is 6.98. The van der Waals surface area contributed by atoms with Crippen LogP contribution < -0.4 is 10.5 Å². The van der Waals surface area contributed by atoms with E-state index in [0.717, 1.165) is 38.3 Å². The molecule has 2 saturated heterocycles. The van der Waals surface area contributed by atoms with Gasteiger partial charge in [-0.1, -0.05) is 12.1 Å². The Bertz CT molecular complexity index is 424. The molecule has 1 aromatic carbocycles. The molecule has 104 valence electrons. The predicted octanol–water partition coefficient (Wildman–Crippen LogP) is 1.39. The third-order valence-electron chi connectivity index (χ3n) is 4.21. The molecule has 2 heterocycles. The van der Waals surface area contributed by atoms with Crippen molar-refractivity contribution < 1.29 is 9.47 Å². The maximum Gasteiger partial charge on any atom is 0.119 e. The first-order valence-corrected chi connectivity index (χ1v) is 6.98. The zero-order chi connectivity index (χ0) is 13.2. The predicted molar refractivity (Wildman–Crippen MR) is 74.1 cm³/mol. The number of rotatable bonds is 3. The number of benzene rings is 1. The Morgan fingerprint density at radius 1 is 1.32 bits per heavy atom. The zero-order valence-electron chi connectivity index (χ0n) is 11.4. The van der Waals surface area contributed by atoms with Crippen molar-refractivity contribution in [1.82, 2.24) is 4.90 Å². The van der Waals surface area contributed by atoms with Gasteiger partial charge in [0.2, 0.25) is 0 Å². The quantitative estimate of drug-likeness (QED) is 0.894. The van der Waals surface area contributed by atoms with Crippen LogP contribution in [0, 0.1) is 0 Å². The van der Waals surface area contributed by atoms with E-state index in [9.17, 15) is 0 Å². The fourth-order valence-electron chi connectivity index (χ4n) is 3.27. The van der Waals surface area contributed by atoms with E-state index in [1.807, 2.05) is 6.07 Å². The lowest BCUT2D eigenvalue weighted by Gasteiger charge is -2.47. The number of ether oxygens (including phenoxy) is 2. The van der Waals surface area contributed by atoms with Gasteiger partial charge in [-0.15, -0.1) is 0 Å². The number of methoxy groups -OCH3 is 1. The van der Waals surface area contributed by atoms with Crippen LogP contribution in [0.4, 0.5) is 0 Å². The molecular formula is C15H22N2O2. The monoisotopic (exact) mass is 262 g/mol. The van der Waals surface area contributed by atoms with Gasteiger partial charge in [-0.25, -0.2) is 0 Å². The Kier molecular flexibility index (Phi) is 3.73. The first kappa shape index (κ1) is 12.9. The molecule has 4 nitrogen and oxygen atoms in total. The molecule has 2 aliphatic rings. The van der Waals surface area contributed by atoms with Gasteiger partial charge in [-0.05, 0) is 30.5 Å². The van der Waals surface area contributed by atoms with E-state index in [-0.39, 0.29) is 0 Å². The Labute approximate surface area is 114 Å². The normalized spacial score (nSPS) is 31.2. The third-order valence-corrected chi connectivity index (χ3v) is 4.21. The van der Waals surface area contributed by atoms with E-state index in [0.29, 0.717) is 18.1 Å². The molecule has 2 atom stereocenters. The van der Waals surface area contributed by atoms with Crippen LogP contribution in [0.5, 0.6) is 5.75 Å². The average Bonchev–Trinajstić information content (AvgIpc) is 2.40. The van der Waals surface area contributed by atoms with Gasteiger partial charge in [0.25, 0.3) is 0 Å². The number of hydrogen-bond acceptors (Lipinski definition) is 4. The van der Waals surface area contributed by atoms with E-state index in [4.69, 9.17) is 15.2 Å². The molecule has 0 amide bonds. The molecule has 0 saturated carbocycles. The van der Waals surface area contributed by atoms with Crippen LogP contribution in [-0.4, -0.2) is 43.3 Å². The highest BCUT2D eigenvalue weighted by molar-refractivity contribution is 5.28. The molecular weight excluding hydrogens is 240 g/mol. The van der Waals surface area contributed by atoms with Crippen molar-refractivity contribution in [3.63, 3.8) is 0 Å². The summed E-state index contributed by atoms with van der Waals surface area (Å²) in [5, 5.41) is 0. The van der Waals surface area contributed by atoms with E-state index in [1.165, 1.54) is 5.56 Å². The van der Waals surface area contributed by atoms with Crippen molar-refractivity contribution in [2.45, 2.75) is 37.5 Å². The Hall–Kier alpha value is -1.10. The average molecular weight is 262 g/mol. The minimum atomic E-state index is 0.334. The van der Waals surface area contributed by atoms with Gasteiger partial charge < -0.3 is 15.2 Å². The molecule has 2 bridgehead atoms. The van der Waals surface area contributed by atoms with Gasteiger partial charge in [0.05, 0.1) is 20.3 Å². The SMILES string of the molecule is COc1cccc(CN2C3COCC2CC(N)C3)c1. The van der Waals surface area contributed by atoms with Crippen molar-refractivity contribution in [3.05, 3.63) is 29.8 Å². The number of nitrogens with zero attached hydrogens (tertiary/aromatic N) is 1. The summed E-state index contributed by atoms with van der Waals surface area (Å²) in [5.74, 6) is 0.924. The zero-order valence-corrected chi connectivity index (χ0v) is 11.4. The van der Waals surface area contributed by atoms with Crippen LogP contribution in [0.3, 0.4) is 0 Å². The molecule has 3 rings (SSSR count). The summed E-state index contributed by atoms with van der Waals surface area (Å²) in [6, 6.07) is 9.58. The number of morpholine rings is 1. The summed E-state index contributed by atoms with van der Waals surface area (Å²) in [5.41, 5.74) is 7.42. The van der Waals surface area contributed by atoms with Gasteiger partial charge in [0.15, 0.2) is 0 Å². The van der Waals surface area contributed by atoms with Crippen molar-refractivity contribution in [2.75, 3.05) is 20.3 Å². The summed E-state index contributed by atoms with van der Waals surface area (Å²) in [7, 11) is 1.71. The third kappa shape index (κ3) is 2.76. The fourth-order valence-corrected chi connectivity index (χ4v) is 3.27. The second-order valence-corrected chi connectivity index (χ2v) is 5.60. The van der Waals surface area contributed by atoms with Crippen LogP contribution in [0.1, 0.15) is 18.4 Å². The van der Waals surface area contributed by atoms with Crippen molar-refractivity contribution in [3.8, 4) is 5.75 Å². The van der Waals surface area contributed by atoms with E-state index in [2.05, 4.69) is 23.1 Å². The molecule has 0 radical (unpaired) electrons. The van der Waals surface area contributed by atoms with E-state index >= 15 is 0 Å². The first-order chi connectivity index (χ1) is 9.26. The van der Waals surface area contributed by atoms with Crippen LogP contribution in [0.15, 0.2) is 24.3 Å².